The molecular weight excluding hydrogens is 464 g/mol. The van der Waals surface area contributed by atoms with Gasteiger partial charge in [-0.2, -0.15) is 5.10 Å². The number of nitrogens with zero attached hydrogens (tertiary/aromatic N) is 3. The molecule has 1 aliphatic carbocycles. The van der Waals surface area contributed by atoms with Crippen LogP contribution in [0.2, 0.25) is 5.02 Å². The van der Waals surface area contributed by atoms with Crippen molar-refractivity contribution in [2.45, 2.75) is 26.2 Å². The van der Waals surface area contributed by atoms with Gasteiger partial charge in [-0.25, -0.2) is 5.43 Å². The Hall–Kier alpha value is -3.58. The zero-order valence-corrected chi connectivity index (χ0v) is 20.3. The van der Waals surface area contributed by atoms with Crippen molar-refractivity contribution in [2.75, 3.05) is 31.1 Å². The molecule has 1 aliphatic heterocycles. The molecule has 2 aromatic carbocycles. The Balaban J connectivity index is 1.31. The molecule has 180 valence electrons. The van der Waals surface area contributed by atoms with Gasteiger partial charge >= 0.3 is 0 Å². The topological polar surface area (TPSA) is 78.2 Å². The van der Waals surface area contributed by atoms with Crippen LogP contribution in [-0.2, 0) is 6.42 Å². The van der Waals surface area contributed by atoms with E-state index in [9.17, 15) is 9.59 Å². The minimum Gasteiger partial charge on any atom is -0.455 e. The van der Waals surface area contributed by atoms with Crippen molar-refractivity contribution in [1.82, 2.24) is 10.3 Å². The van der Waals surface area contributed by atoms with Crippen LogP contribution in [0.5, 0.6) is 0 Å². The summed E-state index contributed by atoms with van der Waals surface area (Å²) in [5.41, 5.74) is 6.49. The second-order valence-corrected chi connectivity index (χ2v) is 9.21. The number of rotatable bonds is 4. The van der Waals surface area contributed by atoms with E-state index >= 15 is 0 Å². The highest BCUT2D eigenvalue weighted by atomic mass is 35.5. The van der Waals surface area contributed by atoms with Crippen LogP contribution in [0.15, 0.2) is 64.1 Å². The Bertz CT molecular complexity index is 1280. The molecule has 2 aliphatic rings. The van der Waals surface area contributed by atoms with Gasteiger partial charge in [0, 0.05) is 49.4 Å². The van der Waals surface area contributed by atoms with E-state index in [1.807, 2.05) is 30.0 Å². The fourth-order valence-corrected chi connectivity index (χ4v) is 4.98. The molecule has 1 aromatic heterocycles. The van der Waals surface area contributed by atoms with Crippen LogP contribution in [0.25, 0.3) is 0 Å². The average Bonchev–Trinajstić information content (AvgIpc) is 3.24. The lowest BCUT2D eigenvalue weighted by Crippen LogP contribution is -2.48. The molecule has 8 heteroatoms. The number of piperazine rings is 1. The third kappa shape index (κ3) is 4.68. The van der Waals surface area contributed by atoms with Gasteiger partial charge in [0.15, 0.2) is 5.76 Å². The fraction of sp³-hybridized carbons (Fsp3) is 0.296. The summed E-state index contributed by atoms with van der Waals surface area (Å²) in [7, 11) is 0. The van der Waals surface area contributed by atoms with Gasteiger partial charge in [0.05, 0.1) is 16.3 Å². The largest absolute Gasteiger partial charge is 0.455 e. The number of halogens is 1. The lowest BCUT2D eigenvalue weighted by atomic mass is 9.93. The van der Waals surface area contributed by atoms with Crippen molar-refractivity contribution in [3.8, 4) is 0 Å². The smallest absolute Gasteiger partial charge is 0.289 e. The highest BCUT2D eigenvalue weighted by Crippen LogP contribution is 2.31. The first kappa shape index (κ1) is 23.2. The molecule has 0 bridgehead atoms. The van der Waals surface area contributed by atoms with Crippen LogP contribution in [-0.4, -0.2) is 48.6 Å². The predicted molar refractivity (Wildman–Crippen MR) is 136 cm³/mol. The van der Waals surface area contributed by atoms with E-state index in [1.165, 1.54) is 5.69 Å². The van der Waals surface area contributed by atoms with Crippen molar-refractivity contribution in [3.05, 3.63) is 87.8 Å². The standard InChI is InChI=1S/C27H27ClN4O3/c1-18-24-22(29-30-26(33)20-10-5-6-11-21(20)28)12-7-13-23(24)35-25(18)27(34)32-16-14-31(15-17-32)19-8-3-2-4-9-19/h2-6,8-11H,7,12-17H2,1H3,(H,30,33)/b29-22+. The number of hydrogen-bond acceptors (Lipinski definition) is 5. The van der Waals surface area contributed by atoms with Gasteiger partial charge in [-0.05, 0) is 44.0 Å². The molecule has 2 heterocycles. The second kappa shape index (κ2) is 9.96. The molecule has 0 spiro atoms. The molecule has 0 unspecified atom stereocenters. The molecule has 5 rings (SSSR count). The fourth-order valence-electron chi connectivity index (χ4n) is 4.76. The third-order valence-electron chi connectivity index (χ3n) is 6.62. The first-order valence-electron chi connectivity index (χ1n) is 11.9. The van der Waals surface area contributed by atoms with Gasteiger partial charge in [-0.1, -0.05) is 41.9 Å². The number of hydrogen-bond donors (Lipinski definition) is 1. The Morgan fingerprint density at radius 1 is 0.971 bits per heavy atom. The van der Waals surface area contributed by atoms with Gasteiger partial charge < -0.3 is 14.2 Å². The maximum absolute atomic E-state index is 13.4. The van der Waals surface area contributed by atoms with Crippen molar-refractivity contribution in [2.24, 2.45) is 5.10 Å². The Labute approximate surface area is 209 Å². The maximum Gasteiger partial charge on any atom is 0.289 e. The van der Waals surface area contributed by atoms with Crippen LogP contribution in [0.3, 0.4) is 0 Å². The van der Waals surface area contributed by atoms with Gasteiger partial charge in [0.2, 0.25) is 0 Å². The monoisotopic (exact) mass is 490 g/mol. The summed E-state index contributed by atoms with van der Waals surface area (Å²) >= 11 is 6.13. The van der Waals surface area contributed by atoms with Crippen LogP contribution in [0.1, 0.15) is 50.6 Å². The second-order valence-electron chi connectivity index (χ2n) is 8.80. The summed E-state index contributed by atoms with van der Waals surface area (Å²) in [5, 5.41) is 4.77. The molecule has 1 N–H and O–H groups in total. The number of hydrazone groups is 1. The third-order valence-corrected chi connectivity index (χ3v) is 6.95. The highest BCUT2D eigenvalue weighted by Gasteiger charge is 2.31. The normalized spacial score (nSPS) is 16.8. The zero-order valence-electron chi connectivity index (χ0n) is 19.6. The number of amides is 2. The number of fused-ring (bicyclic) bond motifs is 1. The SMILES string of the molecule is Cc1c(C(=O)N2CCN(c3ccccc3)CC2)oc2c1/C(=N/NC(=O)c1ccccc1Cl)CCC2. The molecule has 35 heavy (non-hydrogen) atoms. The van der Waals surface area contributed by atoms with Gasteiger partial charge in [0.1, 0.15) is 5.76 Å². The van der Waals surface area contributed by atoms with Crippen molar-refractivity contribution in [1.29, 1.82) is 0 Å². The van der Waals surface area contributed by atoms with Crippen LogP contribution in [0, 0.1) is 6.92 Å². The number of benzene rings is 2. The summed E-state index contributed by atoms with van der Waals surface area (Å²) in [6, 6.07) is 17.1. The summed E-state index contributed by atoms with van der Waals surface area (Å²) < 4.78 is 6.08. The Kier molecular flexibility index (Phi) is 6.59. The van der Waals surface area contributed by atoms with Crippen LogP contribution in [0.4, 0.5) is 5.69 Å². The van der Waals surface area contributed by atoms with E-state index in [-0.39, 0.29) is 11.8 Å². The maximum atomic E-state index is 13.4. The number of aryl methyl sites for hydroxylation is 1. The number of anilines is 1. The van der Waals surface area contributed by atoms with E-state index in [1.54, 1.807) is 24.3 Å². The summed E-state index contributed by atoms with van der Waals surface area (Å²) in [6.45, 7) is 4.71. The molecule has 7 nitrogen and oxygen atoms in total. The molecule has 1 saturated heterocycles. The number of carbonyl (C=O) groups excluding carboxylic acids is 2. The lowest BCUT2D eigenvalue weighted by Gasteiger charge is -2.35. The van der Waals surface area contributed by atoms with Crippen molar-refractivity contribution < 1.29 is 14.0 Å². The summed E-state index contributed by atoms with van der Waals surface area (Å²) in [5.74, 6) is 0.661. The molecule has 3 aromatic rings. The van der Waals surface area contributed by atoms with Crippen LogP contribution >= 0.6 is 11.6 Å². The van der Waals surface area contributed by atoms with E-state index < -0.39 is 0 Å². The van der Waals surface area contributed by atoms with Crippen molar-refractivity contribution in [3.63, 3.8) is 0 Å². The lowest BCUT2D eigenvalue weighted by molar-refractivity contribution is 0.0711. The molecule has 2 amide bonds. The molecule has 0 saturated carbocycles. The van der Waals surface area contributed by atoms with Gasteiger partial charge in [-0.15, -0.1) is 0 Å². The van der Waals surface area contributed by atoms with E-state index in [4.69, 9.17) is 16.0 Å². The van der Waals surface area contributed by atoms with Crippen molar-refractivity contribution >= 4 is 34.8 Å². The minimum absolute atomic E-state index is 0.0935. The van der Waals surface area contributed by atoms with E-state index in [0.29, 0.717) is 35.9 Å². The quantitative estimate of drug-likeness (QED) is 0.539. The van der Waals surface area contributed by atoms with E-state index in [2.05, 4.69) is 27.6 Å². The number of para-hydroxylation sites is 1. The minimum atomic E-state index is -0.371. The van der Waals surface area contributed by atoms with E-state index in [0.717, 1.165) is 48.5 Å². The molecule has 0 atom stereocenters. The predicted octanol–water partition coefficient (Wildman–Crippen LogP) is 4.67. The molecular formula is C27H27ClN4O3. The van der Waals surface area contributed by atoms with Gasteiger partial charge in [0.25, 0.3) is 11.8 Å². The summed E-state index contributed by atoms with van der Waals surface area (Å²) in [6.07, 6.45) is 2.27. The van der Waals surface area contributed by atoms with Crippen LogP contribution < -0.4 is 10.3 Å². The average molecular weight is 491 g/mol. The van der Waals surface area contributed by atoms with Gasteiger partial charge in [-0.3, -0.25) is 9.59 Å². The first-order chi connectivity index (χ1) is 17.0. The first-order valence-corrected chi connectivity index (χ1v) is 12.2. The number of furan rings is 1. The number of nitrogens with one attached hydrogen (secondary N) is 1. The molecule has 1 fully saturated rings. The molecule has 0 radical (unpaired) electrons. The Morgan fingerprint density at radius 3 is 2.43 bits per heavy atom. The highest BCUT2D eigenvalue weighted by molar-refractivity contribution is 6.33. The zero-order chi connectivity index (χ0) is 24.4. The Morgan fingerprint density at radius 2 is 1.69 bits per heavy atom. The summed E-state index contributed by atoms with van der Waals surface area (Å²) in [4.78, 5) is 30.1. The number of carbonyl (C=O) groups is 2.